The van der Waals surface area contributed by atoms with Crippen LogP contribution in [0.1, 0.15) is 0 Å². The molecule has 2 aromatic carbocycles. The molecule has 158 valence electrons. The number of ether oxygens (including phenoxy) is 2. The highest BCUT2D eigenvalue weighted by Gasteiger charge is 2.34. The number of amides is 2. The molecule has 2 aliphatic rings. The number of anilines is 2. The van der Waals surface area contributed by atoms with Crippen molar-refractivity contribution in [3.8, 4) is 5.75 Å². The average Bonchev–Trinajstić information content (AvgIpc) is 2.75. The number of para-hydroxylation sites is 2. The highest BCUT2D eigenvalue weighted by atomic mass is 19.1. The van der Waals surface area contributed by atoms with Gasteiger partial charge in [0.05, 0.1) is 37.7 Å². The number of hydrogen-bond acceptors (Lipinski definition) is 5. The number of halogens is 2. The van der Waals surface area contributed by atoms with Crippen LogP contribution in [0.2, 0.25) is 0 Å². The van der Waals surface area contributed by atoms with Crippen molar-refractivity contribution in [2.75, 3.05) is 49.6 Å². The zero-order valence-corrected chi connectivity index (χ0v) is 16.1. The quantitative estimate of drug-likeness (QED) is 0.825. The van der Waals surface area contributed by atoms with Crippen molar-refractivity contribution in [3.05, 3.63) is 54.1 Å². The fraction of sp³-hybridized carbons (Fsp3) is 0.333. The smallest absolute Gasteiger partial charge is 0.265 e. The van der Waals surface area contributed by atoms with Crippen LogP contribution in [0.3, 0.4) is 0 Å². The lowest BCUT2D eigenvalue weighted by molar-refractivity contribution is -0.142. The van der Waals surface area contributed by atoms with Gasteiger partial charge in [0.2, 0.25) is 5.91 Å². The van der Waals surface area contributed by atoms with E-state index in [1.807, 2.05) is 0 Å². The van der Waals surface area contributed by atoms with Crippen molar-refractivity contribution in [3.63, 3.8) is 0 Å². The Bertz CT molecular complexity index is 950. The number of carbonyl (C=O) groups is 2. The second-order valence-corrected chi connectivity index (χ2v) is 7.06. The Hall–Kier alpha value is -3.20. The standard InChI is InChI=1S/C21H21F2N3O4/c22-14-5-6-16(15(23)11-14)24-20(27)13-26-12-19(21(28)25-7-9-29-10-8-25)30-18-4-2-1-3-17(18)26/h1-6,11,19H,7-10,12-13H2,(H,24,27). The lowest BCUT2D eigenvalue weighted by Crippen LogP contribution is -2.53. The molecule has 2 aliphatic heterocycles. The van der Waals surface area contributed by atoms with Gasteiger partial charge in [-0.15, -0.1) is 0 Å². The molecule has 2 heterocycles. The van der Waals surface area contributed by atoms with Gasteiger partial charge >= 0.3 is 0 Å². The monoisotopic (exact) mass is 417 g/mol. The molecule has 7 nitrogen and oxygen atoms in total. The third-order valence-corrected chi connectivity index (χ3v) is 5.00. The number of carbonyl (C=O) groups excluding carboxylic acids is 2. The first kappa shape index (κ1) is 20.1. The summed E-state index contributed by atoms with van der Waals surface area (Å²) >= 11 is 0. The van der Waals surface area contributed by atoms with Crippen LogP contribution < -0.4 is 15.0 Å². The molecule has 4 rings (SSSR count). The molecule has 1 unspecified atom stereocenters. The van der Waals surface area contributed by atoms with Crippen LogP contribution in [0.4, 0.5) is 20.2 Å². The minimum atomic E-state index is -0.855. The minimum Gasteiger partial charge on any atom is -0.477 e. The van der Waals surface area contributed by atoms with Crippen molar-refractivity contribution in [2.45, 2.75) is 6.10 Å². The Labute approximate surface area is 172 Å². The van der Waals surface area contributed by atoms with Gasteiger partial charge in [-0.05, 0) is 24.3 Å². The second-order valence-electron chi connectivity index (χ2n) is 7.06. The Morgan fingerprint density at radius 3 is 2.63 bits per heavy atom. The molecular formula is C21H21F2N3O4. The van der Waals surface area contributed by atoms with Gasteiger partial charge in [-0.3, -0.25) is 9.59 Å². The van der Waals surface area contributed by atoms with Crippen LogP contribution in [-0.2, 0) is 14.3 Å². The molecule has 30 heavy (non-hydrogen) atoms. The van der Waals surface area contributed by atoms with E-state index in [0.29, 0.717) is 43.8 Å². The molecule has 0 spiro atoms. The summed E-state index contributed by atoms with van der Waals surface area (Å²) in [6.45, 7) is 1.99. The molecule has 0 radical (unpaired) electrons. The molecule has 9 heteroatoms. The molecule has 1 atom stereocenters. The van der Waals surface area contributed by atoms with Crippen LogP contribution in [0.5, 0.6) is 5.75 Å². The molecule has 0 saturated carbocycles. The first-order valence-corrected chi connectivity index (χ1v) is 9.63. The summed E-state index contributed by atoms with van der Waals surface area (Å²) in [6, 6.07) is 10.1. The van der Waals surface area contributed by atoms with Crippen molar-refractivity contribution in [2.24, 2.45) is 0 Å². The molecule has 0 aliphatic carbocycles. The van der Waals surface area contributed by atoms with E-state index in [0.717, 1.165) is 6.07 Å². The fourth-order valence-corrected chi connectivity index (χ4v) is 3.53. The third-order valence-electron chi connectivity index (χ3n) is 5.00. The van der Waals surface area contributed by atoms with Gasteiger partial charge in [0, 0.05) is 19.2 Å². The van der Waals surface area contributed by atoms with Gasteiger partial charge in [-0.25, -0.2) is 8.78 Å². The number of nitrogens with one attached hydrogen (secondary N) is 1. The molecule has 1 N–H and O–H groups in total. The largest absolute Gasteiger partial charge is 0.477 e. The van der Waals surface area contributed by atoms with E-state index in [9.17, 15) is 18.4 Å². The molecule has 1 fully saturated rings. The van der Waals surface area contributed by atoms with E-state index < -0.39 is 23.6 Å². The number of nitrogens with zero attached hydrogens (tertiary/aromatic N) is 2. The topological polar surface area (TPSA) is 71.1 Å². The molecule has 0 bridgehead atoms. The molecule has 2 aromatic rings. The summed E-state index contributed by atoms with van der Waals surface area (Å²) in [5.41, 5.74) is 0.558. The van der Waals surface area contributed by atoms with Crippen LogP contribution in [-0.4, -0.2) is 62.2 Å². The predicted molar refractivity (Wildman–Crippen MR) is 105 cm³/mol. The van der Waals surface area contributed by atoms with Crippen molar-refractivity contribution in [1.29, 1.82) is 0 Å². The highest BCUT2D eigenvalue weighted by Crippen LogP contribution is 2.33. The van der Waals surface area contributed by atoms with Crippen molar-refractivity contribution in [1.82, 2.24) is 4.90 Å². The Balaban J connectivity index is 1.49. The first-order chi connectivity index (χ1) is 14.5. The number of fused-ring (bicyclic) bond motifs is 1. The second kappa shape index (κ2) is 8.66. The SMILES string of the molecule is O=C(CN1CC(C(=O)N2CCOCC2)Oc2ccccc21)Nc1ccc(F)cc1F. The van der Waals surface area contributed by atoms with Gasteiger partial charge in [0.15, 0.2) is 6.10 Å². The molecular weight excluding hydrogens is 396 g/mol. The Morgan fingerprint density at radius 2 is 1.87 bits per heavy atom. The van der Waals surface area contributed by atoms with Gasteiger partial charge in [-0.1, -0.05) is 12.1 Å². The maximum Gasteiger partial charge on any atom is 0.265 e. The van der Waals surface area contributed by atoms with Crippen molar-refractivity contribution >= 4 is 23.2 Å². The maximum atomic E-state index is 13.9. The van der Waals surface area contributed by atoms with Gasteiger partial charge in [0.1, 0.15) is 17.4 Å². The van der Waals surface area contributed by atoms with E-state index in [2.05, 4.69) is 5.32 Å². The van der Waals surface area contributed by atoms with Crippen LogP contribution in [0.25, 0.3) is 0 Å². The normalized spacial score (nSPS) is 18.4. The number of morpholine rings is 1. The summed E-state index contributed by atoms with van der Waals surface area (Å²) in [4.78, 5) is 28.8. The lowest BCUT2D eigenvalue weighted by Gasteiger charge is -2.38. The van der Waals surface area contributed by atoms with E-state index in [1.165, 1.54) is 6.07 Å². The summed E-state index contributed by atoms with van der Waals surface area (Å²) < 4.78 is 38.1. The predicted octanol–water partition coefficient (Wildman–Crippen LogP) is 2.03. The Morgan fingerprint density at radius 1 is 1.10 bits per heavy atom. The fourth-order valence-electron chi connectivity index (χ4n) is 3.53. The molecule has 0 aromatic heterocycles. The minimum absolute atomic E-state index is 0.108. The van der Waals surface area contributed by atoms with E-state index in [-0.39, 0.29) is 24.7 Å². The average molecular weight is 417 g/mol. The van der Waals surface area contributed by atoms with Crippen LogP contribution in [0, 0.1) is 11.6 Å². The first-order valence-electron chi connectivity index (χ1n) is 9.63. The summed E-state index contributed by atoms with van der Waals surface area (Å²) in [5.74, 6) is -1.74. The van der Waals surface area contributed by atoms with Gasteiger partial charge < -0.3 is 24.6 Å². The van der Waals surface area contributed by atoms with Gasteiger partial charge in [0.25, 0.3) is 5.91 Å². The Kier molecular flexibility index (Phi) is 5.80. The summed E-state index contributed by atoms with van der Waals surface area (Å²) in [7, 11) is 0. The summed E-state index contributed by atoms with van der Waals surface area (Å²) in [5, 5.41) is 2.45. The highest BCUT2D eigenvalue weighted by molar-refractivity contribution is 5.95. The number of rotatable bonds is 4. The number of hydrogen-bond donors (Lipinski definition) is 1. The number of benzene rings is 2. The van der Waals surface area contributed by atoms with E-state index >= 15 is 0 Å². The third kappa shape index (κ3) is 4.35. The van der Waals surface area contributed by atoms with Crippen molar-refractivity contribution < 1.29 is 27.8 Å². The summed E-state index contributed by atoms with van der Waals surface area (Å²) in [6.07, 6.45) is -0.770. The zero-order valence-electron chi connectivity index (χ0n) is 16.1. The van der Waals surface area contributed by atoms with E-state index in [1.54, 1.807) is 34.1 Å². The molecule has 1 saturated heterocycles. The van der Waals surface area contributed by atoms with Gasteiger partial charge in [-0.2, -0.15) is 0 Å². The van der Waals surface area contributed by atoms with Crippen LogP contribution >= 0.6 is 0 Å². The zero-order chi connectivity index (χ0) is 21.1. The van der Waals surface area contributed by atoms with Crippen LogP contribution in [0.15, 0.2) is 42.5 Å². The van der Waals surface area contributed by atoms with E-state index in [4.69, 9.17) is 9.47 Å². The molecule has 2 amide bonds. The lowest BCUT2D eigenvalue weighted by atomic mass is 10.1. The maximum absolute atomic E-state index is 13.9.